The summed E-state index contributed by atoms with van der Waals surface area (Å²) in [6.07, 6.45) is 4.65. The SMILES string of the molecule is Cc1cc(-c2ccc(C(C)(C)C)cc2)c(C)c(-c2ccc(C(C)(C)C)cc2)c1.Cc1cc(-c2ccc(C(C)(C)C)cc2)cc(-c2ccc(C(C)(C)C)cc2)c1.Cc1cc(-c2ccc(C(C)(C)CC(C)(C)C)cc2)c(C)c(-c2ccc(C(C)(C)CC(C)(C)C)cc2)c1.Cc1cc(-c2ccc(C(C)(C)CC(C)(C)C)cc2)cc(-c2ccc(C(C)(C)CC(C)(C)C)cc2)c1. The van der Waals surface area contributed by atoms with Gasteiger partial charge in [-0.1, -0.05) is 464 Å². The lowest BCUT2D eigenvalue weighted by Crippen LogP contribution is -2.24. The standard InChI is InChI=1S/C36H50.C35H48.C28H34.C27H32/c1-25-21-31(27-13-17-29(18-14-27)35(9,10)23-33(3,4)5)26(2)32(22-25)28-15-19-30(20-16-28)36(11,12)24-34(6,7)8;1-25-20-28(26-12-16-30(17-13-26)34(8,9)23-32(2,3)4)22-29(21-25)27-14-18-31(19-15-27)35(10,11)24-33(5,6)7;1-19-17-25(21-9-13-23(14-10-21)27(3,4)5)20(2)26(18-19)22-11-15-24(16-12-22)28(6,7)8;1-19-16-22(20-8-12-24(13-9-20)26(2,3)4)18-23(17-19)21-10-14-25(15-11-21)27(5,6)7/h13-22H,23-24H2,1-12H3;12-22H,23-24H2,1-11H3;9-18H,1-8H3;8-18H,1-7H3. The molecule has 0 saturated carbocycles. The summed E-state index contributed by atoms with van der Waals surface area (Å²) in [7, 11) is 0. The van der Waals surface area contributed by atoms with E-state index in [0.29, 0.717) is 21.7 Å². The first-order valence-electron chi connectivity index (χ1n) is 47.2. The lowest BCUT2D eigenvalue weighted by atomic mass is 9.72. The van der Waals surface area contributed by atoms with Gasteiger partial charge in [-0.15, -0.1) is 0 Å². The van der Waals surface area contributed by atoms with E-state index in [1.165, 1.54) is 167 Å². The van der Waals surface area contributed by atoms with Gasteiger partial charge >= 0.3 is 0 Å². The van der Waals surface area contributed by atoms with Crippen LogP contribution in [0.25, 0.3) is 89.0 Å². The van der Waals surface area contributed by atoms with E-state index in [9.17, 15) is 0 Å². The molecule has 0 unspecified atom stereocenters. The molecule has 12 aromatic carbocycles. The van der Waals surface area contributed by atoms with E-state index in [1.807, 2.05) is 0 Å². The zero-order valence-corrected chi connectivity index (χ0v) is 86.1. The molecule has 12 aromatic rings. The Balaban J connectivity index is 0.000000191. The highest BCUT2D eigenvalue weighted by Crippen LogP contribution is 2.45. The third-order valence-corrected chi connectivity index (χ3v) is 25.4. The highest BCUT2D eigenvalue weighted by Gasteiger charge is 2.32. The van der Waals surface area contributed by atoms with Crippen molar-refractivity contribution in [1.82, 2.24) is 0 Å². The van der Waals surface area contributed by atoms with Gasteiger partial charge in [0.05, 0.1) is 0 Å². The van der Waals surface area contributed by atoms with E-state index < -0.39 is 0 Å². The fourth-order valence-electron chi connectivity index (χ4n) is 19.9. The van der Waals surface area contributed by atoms with Crippen LogP contribution in [0.4, 0.5) is 0 Å². The van der Waals surface area contributed by atoms with Gasteiger partial charge in [0, 0.05) is 0 Å². The van der Waals surface area contributed by atoms with Gasteiger partial charge in [-0.2, -0.15) is 0 Å². The third kappa shape index (κ3) is 27.8. The second-order valence-electron chi connectivity index (χ2n) is 49.2. The predicted octanol–water partition coefficient (Wildman–Crippen LogP) is 38.0. The van der Waals surface area contributed by atoms with Crippen LogP contribution in [-0.4, -0.2) is 0 Å². The number of aryl methyl sites for hydroxylation is 4. The van der Waals surface area contributed by atoms with Crippen molar-refractivity contribution >= 4 is 0 Å². The Morgan fingerprint density at radius 1 is 0.143 bits per heavy atom. The van der Waals surface area contributed by atoms with Crippen molar-refractivity contribution in [3.05, 3.63) is 333 Å². The molecule has 0 aliphatic rings. The maximum absolute atomic E-state index is 2.37. The smallest absolute Gasteiger partial charge is 0.00986 e. The van der Waals surface area contributed by atoms with E-state index in [4.69, 9.17) is 0 Å². The number of hydrogen-bond donors (Lipinski definition) is 0. The summed E-state index contributed by atoms with van der Waals surface area (Å²) < 4.78 is 0. The molecule has 0 heteroatoms. The zero-order chi connectivity index (χ0) is 93.8. The first-order valence-corrected chi connectivity index (χ1v) is 47.2. The van der Waals surface area contributed by atoms with Crippen LogP contribution in [0.15, 0.2) is 255 Å². The zero-order valence-electron chi connectivity index (χ0n) is 86.1. The van der Waals surface area contributed by atoms with Crippen LogP contribution in [0, 0.1) is 63.2 Å². The van der Waals surface area contributed by atoms with Crippen LogP contribution >= 0.6 is 0 Å². The second-order valence-corrected chi connectivity index (χ2v) is 49.2. The van der Waals surface area contributed by atoms with Gasteiger partial charge < -0.3 is 0 Å². The van der Waals surface area contributed by atoms with Gasteiger partial charge in [-0.25, -0.2) is 0 Å². The Hall–Kier alpha value is -9.36. The lowest BCUT2D eigenvalue weighted by molar-refractivity contribution is 0.283. The largest absolute Gasteiger partial charge is 0.0601 e. The molecule has 0 nitrogen and oxygen atoms in total. The average Bonchev–Trinajstić information content (AvgIpc) is 0.748. The molecule has 0 aliphatic carbocycles. The molecule has 0 aliphatic heterocycles. The van der Waals surface area contributed by atoms with Gasteiger partial charge in [-0.05, 0) is 311 Å². The number of rotatable bonds is 16. The fraction of sp³-hybridized carbons (Fsp3) is 0.429. The molecule has 0 amide bonds. The van der Waals surface area contributed by atoms with Crippen LogP contribution in [0.5, 0.6) is 0 Å². The van der Waals surface area contributed by atoms with E-state index in [0.717, 1.165) is 25.7 Å². The molecule has 12 rings (SSSR count). The fourth-order valence-corrected chi connectivity index (χ4v) is 19.9. The minimum Gasteiger partial charge on any atom is -0.0601 e. The molecule has 0 fully saturated rings. The normalized spacial score (nSPS) is 12.8. The van der Waals surface area contributed by atoms with E-state index >= 15 is 0 Å². The van der Waals surface area contributed by atoms with E-state index in [1.54, 1.807) is 0 Å². The van der Waals surface area contributed by atoms with Gasteiger partial charge in [0.15, 0.2) is 0 Å². The molecule has 0 atom stereocenters. The van der Waals surface area contributed by atoms with Gasteiger partial charge in [0.2, 0.25) is 0 Å². The average molecular weight is 1680 g/mol. The van der Waals surface area contributed by atoms with E-state index in [-0.39, 0.29) is 43.3 Å². The summed E-state index contributed by atoms with van der Waals surface area (Å²) in [5, 5.41) is 0. The summed E-state index contributed by atoms with van der Waals surface area (Å²) in [5.41, 5.74) is 42.5. The second kappa shape index (κ2) is 38.5. The van der Waals surface area contributed by atoms with Crippen molar-refractivity contribution in [2.45, 2.75) is 332 Å². The summed E-state index contributed by atoms with van der Waals surface area (Å²) >= 11 is 0. The van der Waals surface area contributed by atoms with Crippen LogP contribution in [0.2, 0.25) is 0 Å². The molecule has 0 N–H and O–H groups in total. The molecule has 0 radical (unpaired) electrons. The summed E-state index contributed by atoms with van der Waals surface area (Å²) in [5.74, 6) is 0. The van der Waals surface area contributed by atoms with Gasteiger partial charge in [0.1, 0.15) is 0 Å². The van der Waals surface area contributed by atoms with Crippen molar-refractivity contribution in [2.75, 3.05) is 0 Å². The van der Waals surface area contributed by atoms with Crippen LogP contribution < -0.4 is 0 Å². The molecule has 0 saturated heterocycles. The first-order chi connectivity index (χ1) is 57.8. The molecule has 0 spiro atoms. The monoisotopic (exact) mass is 1680 g/mol. The molecular formula is C126H164. The summed E-state index contributed by atoms with van der Waals surface area (Å²) in [6, 6.07) is 96.5. The molecule has 668 valence electrons. The quantitative estimate of drug-likeness (QED) is 0.0904. The third-order valence-electron chi connectivity index (χ3n) is 25.4. The van der Waals surface area contributed by atoms with Crippen LogP contribution in [-0.2, 0) is 43.3 Å². The molecule has 0 aromatic heterocycles. The summed E-state index contributed by atoms with van der Waals surface area (Å²) in [6.45, 7) is 87.4. The Kier molecular flexibility index (Phi) is 30.7. The van der Waals surface area contributed by atoms with Gasteiger partial charge in [0.25, 0.3) is 0 Å². The Morgan fingerprint density at radius 3 is 0.421 bits per heavy atom. The minimum absolute atomic E-state index is 0.159. The molecule has 0 heterocycles. The lowest BCUT2D eigenvalue weighted by Gasteiger charge is -2.33. The first kappa shape index (κ1) is 100. The number of benzene rings is 12. The van der Waals surface area contributed by atoms with Crippen molar-refractivity contribution in [3.63, 3.8) is 0 Å². The van der Waals surface area contributed by atoms with Crippen LogP contribution in [0.3, 0.4) is 0 Å². The van der Waals surface area contributed by atoms with Crippen molar-refractivity contribution in [2.24, 2.45) is 21.7 Å². The van der Waals surface area contributed by atoms with Crippen LogP contribution in [0.1, 0.15) is 325 Å². The maximum Gasteiger partial charge on any atom is -0.00986 e. The maximum atomic E-state index is 2.37. The Labute approximate surface area is 770 Å². The minimum atomic E-state index is 0.159. The van der Waals surface area contributed by atoms with Crippen molar-refractivity contribution in [1.29, 1.82) is 0 Å². The Morgan fingerprint density at radius 2 is 0.278 bits per heavy atom. The highest BCUT2D eigenvalue weighted by molar-refractivity contribution is 5.82. The molecular weight excluding hydrogens is 1510 g/mol. The van der Waals surface area contributed by atoms with Crippen molar-refractivity contribution < 1.29 is 0 Å². The highest BCUT2D eigenvalue weighted by atomic mass is 14.4. The predicted molar refractivity (Wildman–Crippen MR) is 561 cm³/mol. The van der Waals surface area contributed by atoms with E-state index in [2.05, 4.69) is 518 Å². The molecule has 0 bridgehead atoms. The topological polar surface area (TPSA) is 0 Å². The Bertz CT molecular complexity index is 5240. The van der Waals surface area contributed by atoms with Gasteiger partial charge in [-0.3, -0.25) is 0 Å². The summed E-state index contributed by atoms with van der Waals surface area (Å²) in [4.78, 5) is 0. The van der Waals surface area contributed by atoms with Crippen molar-refractivity contribution in [3.8, 4) is 89.0 Å². The molecule has 126 heavy (non-hydrogen) atoms. The number of hydrogen-bond acceptors (Lipinski definition) is 0.